The first kappa shape index (κ1) is 16.0. The summed E-state index contributed by atoms with van der Waals surface area (Å²) in [6, 6.07) is 3.90. The van der Waals surface area contributed by atoms with Crippen molar-refractivity contribution >= 4 is 17.5 Å². The molecule has 0 aliphatic heterocycles. The van der Waals surface area contributed by atoms with Crippen LogP contribution in [0.2, 0.25) is 0 Å². The van der Waals surface area contributed by atoms with E-state index in [0.29, 0.717) is 18.7 Å². The van der Waals surface area contributed by atoms with Gasteiger partial charge in [0.15, 0.2) is 0 Å². The average molecular weight is 303 g/mol. The first-order valence-electron chi connectivity index (χ1n) is 7.51. The van der Waals surface area contributed by atoms with E-state index in [1.165, 1.54) is 0 Å². The van der Waals surface area contributed by atoms with Gasteiger partial charge in [-0.1, -0.05) is 12.8 Å². The number of aliphatic carboxylic acids is 1. The van der Waals surface area contributed by atoms with Crippen LogP contribution in [0, 0.1) is 6.92 Å². The molecule has 6 heteroatoms. The van der Waals surface area contributed by atoms with Gasteiger partial charge in [-0.05, 0) is 37.5 Å². The highest BCUT2D eigenvalue weighted by Crippen LogP contribution is 2.08. The largest absolute Gasteiger partial charge is 0.481 e. The summed E-state index contributed by atoms with van der Waals surface area (Å²) < 4.78 is 1.83. The number of carboxylic acid groups (broad SMARTS) is 1. The van der Waals surface area contributed by atoms with Gasteiger partial charge in [-0.2, -0.15) is 0 Å². The maximum atomic E-state index is 12.0. The number of carbonyl (C=O) groups is 2. The molecule has 0 aliphatic rings. The monoisotopic (exact) mass is 303 g/mol. The first-order chi connectivity index (χ1) is 10.6. The van der Waals surface area contributed by atoms with Crippen LogP contribution in [-0.2, 0) is 4.79 Å². The number of fused-ring (bicyclic) bond motifs is 1. The van der Waals surface area contributed by atoms with Crippen molar-refractivity contribution in [2.24, 2.45) is 0 Å². The van der Waals surface area contributed by atoms with Gasteiger partial charge in [-0.3, -0.25) is 9.59 Å². The van der Waals surface area contributed by atoms with Crippen molar-refractivity contribution < 1.29 is 14.7 Å². The Kier molecular flexibility index (Phi) is 5.52. The maximum absolute atomic E-state index is 12.0. The number of nitrogens with one attached hydrogen (secondary N) is 1. The average Bonchev–Trinajstić information content (AvgIpc) is 2.88. The summed E-state index contributed by atoms with van der Waals surface area (Å²) in [6.45, 7) is 2.57. The molecule has 0 saturated heterocycles. The van der Waals surface area contributed by atoms with Crippen molar-refractivity contribution in [2.45, 2.75) is 39.0 Å². The summed E-state index contributed by atoms with van der Waals surface area (Å²) in [5.74, 6) is -0.928. The maximum Gasteiger partial charge on any atom is 0.303 e. The lowest BCUT2D eigenvalue weighted by atomic mass is 10.1. The summed E-state index contributed by atoms with van der Waals surface area (Å²) >= 11 is 0. The molecule has 22 heavy (non-hydrogen) atoms. The molecular weight excluding hydrogens is 282 g/mol. The Balaban J connectivity index is 1.73. The minimum atomic E-state index is -0.754. The lowest BCUT2D eigenvalue weighted by Crippen LogP contribution is -2.24. The van der Waals surface area contributed by atoms with Crippen LogP contribution in [0.4, 0.5) is 0 Å². The van der Waals surface area contributed by atoms with Crippen LogP contribution in [0.25, 0.3) is 5.65 Å². The molecule has 2 aromatic heterocycles. The van der Waals surface area contributed by atoms with Crippen molar-refractivity contribution in [3.05, 3.63) is 35.8 Å². The van der Waals surface area contributed by atoms with Gasteiger partial charge in [0.05, 0.1) is 0 Å². The number of hydrogen-bond acceptors (Lipinski definition) is 3. The summed E-state index contributed by atoms with van der Waals surface area (Å²) in [4.78, 5) is 26.7. The quantitative estimate of drug-likeness (QED) is 0.733. The highest BCUT2D eigenvalue weighted by molar-refractivity contribution is 5.92. The van der Waals surface area contributed by atoms with Crippen LogP contribution < -0.4 is 5.32 Å². The zero-order valence-corrected chi connectivity index (χ0v) is 12.7. The second kappa shape index (κ2) is 7.59. The Morgan fingerprint density at radius 2 is 2.05 bits per heavy atom. The van der Waals surface area contributed by atoms with Gasteiger partial charge in [-0.15, -0.1) is 0 Å². The molecule has 0 aromatic carbocycles. The predicted molar refractivity (Wildman–Crippen MR) is 83.0 cm³/mol. The molecule has 0 spiro atoms. The number of aryl methyl sites for hydroxylation is 1. The number of aromatic nitrogens is 2. The number of carbonyl (C=O) groups excluding carboxylic acids is 1. The van der Waals surface area contributed by atoms with E-state index in [9.17, 15) is 9.59 Å². The molecular formula is C16H21N3O3. The van der Waals surface area contributed by atoms with Crippen molar-refractivity contribution in [3.63, 3.8) is 0 Å². The standard InChI is InChI=1S/C16H21N3O3/c1-12-7-9-19-11-13(18-14(19)10-12)16(22)17-8-5-3-2-4-6-15(20)21/h7,9-11H,2-6,8H2,1H3,(H,17,22)(H,20,21). The molecule has 0 atom stereocenters. The van der Waals surface area contributed by atoms with E-state index < -0.39 is 5.97 Å². The van der Waals surface area contributed by atoms with Gasteiger partial charge in [0.2, 0.25) is 0 Å². The lowest BCUT2D eigenvalue weighted by molar-refractivity contribution is -0.137. The summed E-state index contributed by atoms with van der Waals surface area (Å²) in [7, 11) is 0. The number of nitrogens with zero attached hydrogens (tertiary/aromatic N) is 2. The van der Waals surface area contributed by atoms with Crippen molar-refractivity contribution in [1.29, 1.82) is 0 Å². The van der Waals surface area contributed by atoms with E-state index in [1.54, 1.807) is 6.20 Å². The smallest absolute Gasteiger partial charge is 0.303 e. The number of hydrogen-bond donors (Lipinski definition) is 2. The summed E-state index contributed by atoms with van der Waals surface area (Å²) in [5.41, 5.74) is 2.28. The number of imidazole rings is 1. The van der Waals surface area contributed by atoms with Crippen molar-refractivity contribution in [1.82, 2.24) is 14.7 Å². The molecule has 0 fully saturated rings. The van der Waals surface area contributed by atoms with E-state index >= 15 is 0 Å². The van der Waals surface area contributed by atoms with Crippen LogP contribution in [-0.4, -0.2) is 32.9 Å². The Morgan fingerprint density at radius 1 is 1.27 bits per heavy atom. The van der Waals surface area contributed by atoms with E-state index in [2.05, 4.69) is 10.3 Å². The van der Waals surface area contributed by atoms with Gasteiger partial charge in [0.25, 0.3) is 5.91 Å². The van der Waals surface area contributed by atoms with E-state index in [1.807, 2.05) is 29.7 Å². The SMILES string of the molecule is Cc1ccn2cc(C(=O)NCCCCCCC(=O)O)nc2c1. The van der Waals surface area contributed by atoms with Gasteiger partial charge in [0, 0.05) is 25.4 Å². The minimum Gasteiger partial charge on any atom is -0.481 e. The third kappa shape index (κ3) is 4.58. The second-order valence-corrected chi connectivity index (χ2v) is 5.41. The van der Waals surface area contributed by atoms with Crippen LogP contribution >= 0.6 is 0 Å². The summed E-state index contributed by atoms with van der Waals surface area (Å²) in [5, 5.41) is 11.4. The molecule has 2 rings (SSSR count). The van der Waals surface area contributed by atoms with Crippen molar-refractivity contribution in [2.75, 3.05) is 6.54 Å². The predicted octanol–water partition coefficient (Wildman–Crippen LogP) is 2.41. The highest BCUT2D eigenvalue weighted by atomic mass is 16.4. The van der Waals surface area contributed by atoms with Crippen LogP contribution in [0.15, 0.2) is 24.5 Å². The van der Waals surface area contributed by atoms with Gasteiger partial charge in [0.1, 0.15) is 11.3 Å². The zero-order valence-electron chi connectivity index (χ0n) is 12.7. The Morgan fingerprint density at radius 3 is 2.82 bits per heavy atom. The van der Waals surface area contributed by atoms with Gasteiger partial charge >= 0.3 is 5.97 Å². The fourth-order valence-electron chi connectivity index (χ4n) is 2.24. The number of rotatable bonds is 8. The molecule has 118 valence electrons. The fourth-order valence-corrected chi connectivity index (χ4v) is 2.24. The molecule has 0 bridgehead atoms. The van der Waals surface area contributed by atoms with E-state index in [4.69, 9.17) is 5.11 Å². The molecule has 0 unspecified atom stereocenters. The Hall–Kier alpha value is -2.37. The number of carboxylic acids is 1. The highest BCUT2D eigenvalue weighted by Gasteiger charge is 2.09. The van der Waals surface area contributed by atoms with Crippen LogP contribution in [0.3, 0.4) is 0 Å². The van der Waals surface area contributed by atoms with Crippen LogP contribution in [0.5, 0.6) is 0 Å². The third-order valence-corrected chi connectivity index (χ3v) is 3.45. The molecule has 2 heterocycles. The topological polar surface area (TPSA) is 83.7 Å². The molecule has 0 saturated carbocycles. The minimum absolute atomic E-state index is 0.174. The normalized spacial score (nSPS) is 10.8. The lowest BCUT2D eigenvalue weighted by Gasteiger charge is -2.02. The zero-order chi connectivity index (χ0) is 15.9. The fraction of sp³-hybridized carbons (Fsp3) is 0.438. The molecule has 2 aromatic rings. The molecule has 0 radical (unpaired) electrons. The summed E-state index contributed by atoms with van der Waals surface area (Å²) in [6.07, 6.45) is 7.14. The molecule has 0 aliphatic carbocycles. The van der Waals surface area contributed by atoms with E-state index in [-0.39, 0.29) is 12.3 Å². The third-order valence-electron chi connectivity index (χ3n) is 3.45. The Bertz CT molecular complexity index is 664. The first-order valence-corrected chi connectivity index (χ1v) is 7.51. The second-order valence-electron chi connectivity index (χ2n) is 5.41. The Labute approximate surface area is 129 Å². The van der Waals surface area contributed by atoms with Gasteiger partial charge in [-0.25, -0.2) is 4.98 Å². The number of amides is 1. The molecule has 1 amide bonds. The molecule has 6 nitrogen and oxygen atoms in total. The number of pyridine rings is 1. The van der Waals surface area contributed by atoms with Crippen LogP contribution in [0.1, 0.15) is 48.2 Å². The van der Waals surface area contributed by atoms with Crippen molar-refractivity contribution in [3.8, 4) is 0 Å². The van der Waals surface area contributed by atoms with Gasteiger partial charge < -0.3 is 14.8 Å². The van der Waals surface area contributed by atoms with E-state index in [0.717, 1.165) is 30.5 Å². The number of unbranched alkanes of at least 4 members (excludes halogenated alkanes) is 3. The molecule has 2 N–H and O–H groups in total.